The lowest BCUT2D eigenvalue weighted by molar-refractivity contribution is -0.201. The van der Waals surface area contributed by atoms with Gasteiger partial charge >= 0.3 is 0 Å². The van der Waals surface area contributed by atoms with E-state index in [1.807, 2.05) is 26.0 Å². The molecule has 13 atom stereocenters. The van der Waals surface area contributed by atoms with Crippen molar-refractivity contribution in [2.45, 2.75) is 160 Å². The number of hydrogen-bond donors (Lipinski definition) is 5. The predicted molar refractivity (Wildman–Crippen MR) is 220 cm³/mol. The summed E-state index contributed by atoms with van der Waals surface area (Å²) in [6.45, 7) is 9.75. The van der Waals surface area contributed by atoms with Gasteiger partial charge in [-0.3, -0.25) is 28.8 Å². The van der Waals surface area contributed by atoms with Crippen molar-refractivity contribution in [2.75, 3.05) is 19.9 Å². The van der Waals surface area contributed by atoms with Crippen molar-refractivity contribution in [1.29, 1.82) is 0 Å². The molecule has 15 heteroatoms. The van der Waals surface area contributed by atoms with Crippen molar-refractivity contribution in [2.24, 2.45) is 28.6 Å². The first kappa shape index (κ1) is 45.8. The van der Waals surface area contributed by atoms with E-state index in [1.165, 1.54) is 20.8 Å². The standard InChI is InChI=1S/C45H66N4O11/c1-7-13-38-59-36-21-33-32-17-16-29-20-30(50)18-19-43(29,5)39(32)34(51)22-44(33,6)45(36,60-38)35(52)23-57-25-46-40(54)26(2)48-42(56)28(4)49-41(55)27(3)47-37(53)24-58-31-14-11-9-8-10-12-15-31/h11,14,18-20,26-28,31-34,36,38-39,51H,7-10,12-13,15-17,21-25H2,1-6H3,(H,46,54)(H,47,53)(H,48,56)(H,49,55)/b14-11-/t26-,27-,28-,31?,32-,33-,34-,36+,38?,39+,43-,44-,45+/m0/s1. The van der Waals surface area contributed by atoms with Gasteiger partial charge in [0.2, 0.25) is 23.6 Å². The van der Waals surface area contributed by atoms with Gasteiger partial charge in [0.15, 0.2) is 23.5 Å². The van der Waals surface area contributed by atoms with Crippen LogP contribution in [0.3, 0.4) is 0 Å². The van der Waals surface area contributed by atoms with Crippen molar-refractivity contribution in [3.8, 4) is 0 Å². The molecule has 332 valence electrons. The van der Waals surface area contributed by atoms with Gasteiger partial charge in [0.25, 0.3) is 0 Å². The summed E-state index contributed by atoms with van der Waals surface area (Å²) in [6, 6.07) is -2.95. The molecule has 0 radical (unpaired) electrons. The number of carbonyl (C=O) groups excluding carboxylic acids is 6. The lowest BCUT2D eigenvalue weighted by Crippen LogP contribution is -2.63. The van der Waals surface area contributed by atoms with E-state index < -0.39 is 76.7 Å². The summed E-state index contributed by atoms with van der Waals surface area (Å²) in [4.78, 5) is 77.8. The number of Topliss-reactive ketones (excluding diaryl/α,β-unsaturated/α-hetero) is 1. The van der Waals surface area contributed by atoms with Gasteiger partial charge in [-0.05, 0) is 96.1 Å². The normalized spacial score (nSPS) is 36.4. The zero-order valence-electron chi connectivity index (χ0n) is 36.1. The Hall–Kier alpha value is -3.76. The minimum absolute atomic E-state index is 0.0166. The highest BCUT2D eigenvalue weighted by atomic mass is 16.7. The Labute approximate surface area is 353 Å². The van der Waals surface area contributed by atoms with Gasteiger partial charge in [-0.25, -0.2) is 0 Å². The number of rotatable bonds is 16. The molecule has 4 amide bonds. The second-order valence-electron chi connectivity index (χ2n) is 18.3. The average Bonchev–Trinajstić information content (AvgIpc) is 3.67. The van der Waals surface area contributed by atoms with Gasteiger partial charge in [-0.2, -0.15) is 0 Å². The van der Waals surface area contributed by atoms with E-state index in [4.69, 9.17) is 18.9 Å². The quantitative estimate of drug-likeness (QED) is 0.0867. The topological polar surface area (TPSA) is 208 Å². The second kappa shape index (κ2) is 19.1. The van der Waals surface area contributed by atoms with E-state index >= 15 is 0 Å². The van der Waals surface area contributed by atoms with Crippen molar-refractivity contribution < 1.29 is 52.8 Å². The van der Waals surface area contributed by atoms with E-state index in [-0.39, 0.29) is 55.4 Å². The van der Waals surface area contributed by atoms with Crippen LogP contribution in [0, 0.1) is 28.6 Å². The summed E-state index contributed by atoms with van der Waals surface area (Å²) in [7, 11) is 0. The largest absolute Gasteiger partial charge is 0.393 e. The molecule has 3 saturated carbocycles. The van der Waals surface area contributed by atoms with Crippen molar-refractivity contribution in [1.82, 2.24) is 21.3 Å². The number of allylic oxidation sites excluding steroid dienone is 5. The first-order chi connectivity index (χ1) is 28.5. The molecule has 5 aliphatic carbocycles. The van der Waals surface area contributed by atoms with Crippen LogP contribution in [0.5, 0.6) is 0 Å². The molecule has 6 aliphatic rings. The van der Waals surface area contributed by atoms with Crippen LogP contribution in [0.15, 0.2) is 36.0 Å². The Morgan fingerprint density at radius 1 is 0.950 bits per heavy atom. The lowest BCUT2D eigenvalue weighted by Gasteiger charge is -2.59. The summed E-state index contributed by atoms with van der Waals surface area (Å²) in [5.41, 5.74) is -1.52. The highest BCUT2D eigenvalue weighted by molar-refractivity contribution is 6.01. The summed E-state index contributed by atoms with van der Waals surface area (Å²) in [6.07, 6.45) is 16.3. The summed E-state index contributed by atoms with van der Waals surface area (Å²) < 4.78 is 24.6. The minimum Gasteiger partial charge on any atom is -0.393 e. The number of ketones is 2. The van der Waals surface area contributed by atoms with E-state index in [0.29, 0.717) is 19.3 Å². The Balaban J connectivity index is 0.979. The van der Waals surface area contributed by atoms with Gasteiger partial charge in [0.1, 0.15) is 38.1 Å². The number of hydrogen-bond acceptors (Lipinski definition) is 11. The van der Waals surface area contributed by atoms with Crippen LogP contribution in [0.1, 0.15) is 112 Å². The highest BCUT2D eigenvalue weighted by Gasteiger charge is 2.75. The number of amides is 4. The molecule has 5 N–H and O–H groups in total. The third kappa shape index (κ3) is 9.20. The molecule has 6 rings (SSSR count). The van der Waals surface area contributed by atoms with Gasteiger partial charge in [-0.1, -0.05) is 63.8 Å². The fraction of sp³-hybridized carbons (Fsp3) is 0.733. The molecule has 1 aliphatic heterocycles. The third-order valence-electron chi connectivity index (χ3n) is 14.2. The fourth-order valence-electron chi connectivity index (χ4n) is 11.1. The lowest BCUT2D eigenvalue weighted by atomic mass is 9.46. The Kier molecular flexibility index (Phi) is 14.6. The van der Waals surface area contributed by atoms with Crippen LogP contribution < -0.4 is 21.3 Å². The van der Waals surface area contributed by atoms with Crippen molar-refractivity contribution in [3.63, 3.8) is 0 Å². The van der Waals surface area contributed by atoms with Crippen LogP contribution in [-0.4, -0.2) is 109 Å². The van der Waals surface area contributed by atoms with Gasteiger partial charge in [0.05, 0.1) is 18.3 Å². The monoisotopic (exact) mass is 838 g/mol. The molecule has 0 aromatic carbocycles. The Morgan fingerprint density at radius 2 is 1.67 bits per heavy atom. The Morgan fingerprint density at radius 3 is 2.40 bits per heavy atom. The number of fused-ring (bicyclic) bond motifs is 7. The molecule has 1 saturated heterocycles. The number of nitrogens with one attached hydrogen (secondary N) is 4. The van der Waals surface area contributed by atoms with Crippen LogP contribution in [0.4, 0.5) is 0 Å². The van der Waals surface area contributed by atoms with Crippen molar-refractivity contribution in [3.05, 3.63) is 36.0 Å². The molecule has 0 spiro atoms. The molecule has 2 unspecified atom stereocenters. The number of ether oxygens (including phenoxy) is 4. The summed E-state index contributed by atoms with van der Waals surface area (Å²) >= 11 is 0. The second-order valence-corrected chi connectivity index (χ2v) is 18.3. The van der Waals surface area contributed by atoms with E-state index in [9.17, 15) is 33.9 Å². The summed E-state index contributed by atoms with van der Waals surface area (Å²) in [5.74, 6) is -2.57. The SMILES string of the molecule is CCCC1O[C@@H]2C[C@H]3[C@@H]4CCC5=CC(=O)C=C[C@]5(C)[C@H]4[C@@H](O)C[C@]3(C)[C@]2(C(=O)COCNC(=O)[C@H](C)NC(=O)[C@H](C)NC(=O)[C@H](C)NC(=O)COC2/C=C\CCCCC2)O1. The molecule has 0 aromatic rings. The van der Waals surface area contributed by atoms with Crippen molar-refractivity contribution >= 4 is 35.2 Å². The maximum absolute atomic E-state index is 14.5. The predicted octanol–water partition coefficient (Wildman–Crippen LogP) is 3.23. The third-order valence-corrected chi connectivity index (χ3v) is 14.2. The molecule has 0 bridgehead atoms. The molecular weight excluding hydrogens is 773 g/mol. The van der Waals surface area contributed by atoms with E-state index in [0.717, 1.165) is 56.9 Å². The van der Waals surface area contributed by atoms with Crippen LogP contribution >= 0.6 is 0 Å². The maximum atomic E-state index is 14.5. The van der Waals surface area contributed by atoms with Gasteiger partial charge in [-0.15, -0.1) is 0 Å². The first-order valence-corrected chi connectivity index (χ1v) is 22.1. The first-order valence-electron chi connectivity index (χ1n) is 22.1. The number of carbonyl (C=O) groups is 6. The maximum Gasteiger partial charge on any atom is 0.246 e. The van der Waals surface area contributed by atoms with Gasteiger partial charge in [0, 0.05) is 16.7 Å². The zero-order chi connectivity index (χ0) is 43.4. The molecule has 1 heterocycles. The van der Waals surface area contributed by atoms with Crippen LogP contribution in [0.25, 0.3) is 0 Å². The average molecular weight is 839 g/mol. The minimum atomic E-state index is -1.36. The molecule has 4 fully saturated rings. The highest BCUT2D eigenvalue weighted by Crippen LogP contribution is 2.69. The number of aliphatic hydroxyl groups is 1. The van der Waals surface area contributed by atoms with E-state index in [2.05, 4.69) is 34.3 Å². The fourth-order valence-corrected chi connectivity index (χ4v) is 11.1. The van der Waals surface area contributed by atoms with Gasteiger partial charge < -0.3 is 45.3 Å². The van der Waals surface area contributed by atoms with E-state index in [1.54, 1.807) is 12.2 Å². The Bertz CT molecular complexity index is 1750. The van der Waals surface area contributed by atoms with Crippen LogP contribution in [0.2, 0.25) is 0 Å². The smallest absolute Gasteiger partial charge is 0.246 e. The number of aliphatic hydroxyl groups excluding tert-OH is 1. The zero-order valence-corrected chi connectivity index (χ0v) is 36.1. The van der Waals surface area contributed by atoms with Crippen LogP contribution in [-0.2, 0) is 47.7 Å². The molecule has 15 nitrogen and oxygen atoms in total. The molecule has 60 heavy (non-hydrogen) atoms. The molecular formula is C45H66N4O11. The molecule has 0 aromatic heterocycles. The summed E-state index contributed by atoms with van der Waals surface area (Å²) in [5, 5.41) is 22.3.